The third-order valence-corrected chi connectivity index (χ3v) is 9.15. The van der Waals surface area contributed by atoms with Crippen molar-refractivity contribution in [2.24, 2.45) is 0 Å². The lowest BCUT2D eigenvalue weighted by Gasteiger charge is -2.26. The first-order valence-electron chi connectivity index (χ1n) is 15.5. The molecule has 0 aliphatic heterocycles. The molecule has 9 aromatic rings. The Morgan fingerprint density at radius 3 is 1.60 bits per heavy atom. The van der Waals surface area contributed by atoms with Crippen molar-refractivity contribution in [1.82, 2.24) is 0 Å². The van der Waals surface area contributed by atoms with Gasteiger partial charge in [0, 0.05) is 17.1 Å². The first-order valence-corrected chi connectivity index (χ1v) is 15.5. The number of hydrogen-bond acceptors (Lipinski definition) is 1. The molecule has 0 bridgehead atoms. The van der Waals surface area contributed by atoms with Gasteiger partial charge in [0.05, 0.1) is 0 Å². The molecule has 1 heteroatoms. The van der Waals surface area contributed by atoms with Crippen molar-refractivity contribution >= 4 is 70.9 Å². The van der Waals surface area contributed by atoms with Crippen LogP contribution >= 0.6 is 0 Å². The molecule has 0 aromatic heterocycles. The summed E-state index contributed by atoms with van der Waals surface area (Å²) in [6, 6.07) is 64.1. The van der Waals surface area contributed by atoms with E-state index in [1.54, 1.807) is 0 Å². The maximum atomic E-state index is 2.38. The fourth-order valence-electron chi connectivity index (χ4n) is 6.99. The van der Waals surface area contributed by atoms with Crippen LogP contribution in [0.3, 0.4) is 0 Å². The molecule has 0 heterocycles. The molecule has 0 aliphatic rings. The Morgan fingerprint density at radius 1 is 0.267 bits per heavy atom. The molecule has 0 saturated heterocycles. The second-order valence-corrected chi connectivity index (χ2v) is 11.8. The minimum Gasteiger partial charge on any atom is -0.310 e. The zero-order valence-corrected chi connectivity index (χ0v) is 24.7. The zero-order valence-electron chi connectivity index (χ0n) is 24.7. The third kappa shape index (κ3) is 4.32. The number of nitrogens with zero attached hydrogens (tertiary/aromatic N) is 1. The van der Waals surface area contributed by atoms with Gasteiger partial charge in [0.15, 0.2) is 0 Å². The van der Waals surface area contributed by atoms with Crippen molar-refractivity contribution in [3.05, 3.63) is 176 Å². The van der Waals surface area contributed by atoms with Crippen LogP contribution in [0.2, 0.25) is 0 Å². The van der Waals surface area contributed by atoms with Gasteiger partial charge < -0.3 is 4.90 Å². The first kappa shape index (κ1) is 25.6. The number of para-hydroxylation sites is 1. The molecule has 0 unspecified atom stereocenters. The molecule has 0 radical (unpaired) electrons. The van der Waals surface area contributed by atoms with E-state index in [-0.39, 0.29) is 0 Å². The fourth-order valence-corrected chi connectivity index (χ4v) is 6.99. The molecule has 45 heavy (non-hydrogen) atoms. The van der Waals surface area contributed by atoms with E-state index in [9.17, 15) is 0 Å². The van der Waals surface area contributed by atoms with Gasteiger partial charge in [-0.1, -0.05) is 133 Å². The van der Waals surface area contributed by atoms with Crippen LogP contribution in [0.5, 0.6) is 0 Å². The van der Waals surface area contributed by atoms with Crippen LogP contribution in [-0.2, 0) is 0 Å². The van der Waals surface area contributed by atoms with Crippen molar-refractivity contribution in [3.8, 4) is 11.1 Å². The molecule has 1 nitrogen and oxygen atoms in total. The number of fused-ring (bicyclic) bond motifs is 8. The fraction of sp³-hybridized carbons (Fsp3) is 0. The second kappa shape index (κ2) is 10.4. The lowest BCUT2D eigenvalue weighted by molar-refractivity contribution is 1.29. The predicted molar refractivity (Wildman–Crippen MR) is 194 cm³/mol. The van der Waals surface area contributed by atoms with Crippen molar-refractivity contribution in [2.75, 3.05) is 4.90 Å². The van der Waals surface area contributed by atoms with Crippen LogP contribution in [0.4, 0.5) is 17.1 Å². The van der Waals surface area contributed by atoms with E-state index in [0.29, 0.717) is 0 Å². The summed E-state index contributed by atoms with van der Waals surface area (Å²) in [5, 5.41) is 12.7. The molecule has 210 valence electrons. The molecule has 9 rings (SSSR count). The Hall–Kier alpha value is -5.92. The summed E-state index contributed by atoms with van der Waals surface area (Å²) in [6.45, 7) is 0. The minimum atomic E-state index is 1.13. The van der Waals surface area contributed by atoms with Crippen LogP contribution in [0.15, 0.2) is 176 Å². The van der Waals surface area contributed by atoms with Crippen molar-refractivity contribution in [1.29, 1.82) is 0 Å². The summed E-state index contributed by atoms with van der Waals surface area (Å²) >= 11 is 0. The maximum absolute atomic E-state index is 2.38. The Kier molecular flexibility index (Phi) is 5.89. The van der Waals surface area contributed by atoms with Gasteiger partial charge in [0.2, 0.25) is 0 Å². The highest BCUT2D eigenvalue weighted by molar-refractivity contribution is 6.27. The summed E-state index contributed by atoms with van der Waals surface area (Å²) in [5.74, 6) is 0. The summed E-state index contributed by atoms with van der Waals surface area (Å²) in [7, 11) is 0. The smallest absolute Gasteiger partial charge is 0.0468 e. The molecule has 9 aromatic carbocycles. The highest BCUT2D eigenvalue weighted by atomic mass is 15.1. The Morgan fingerprint density at radius 2 is 0.800 bits per heavy atom. The maximum Gasteiger partial charge on any atom is 0.0468 e. The zero-order chi connectivity index (χ0) is 29.7. The van der Waals surface area contributed by atoms with E-state index in [0.717, 1.165) is 17.1 Å². The third-order valence-electron chi connectivity index (χ3n) is 9.15. The van der Waals surface area contributed by atoms with Gasteiger partial charge in [0.25, 0.3) is 0 Å². The average Bonchev–Trinajstić information content (AvgIpc) is 3.11. The van der Waals surface area contributed by atoms with Crippen LogP contribution in [0.25, 0.3) is 65.0 Å². The highest BCUT2D eigenvalue weighted by Gasteiger charge is 2.16. The van der Waals surface area contributed by atoms with E-state index in [2.05, 4.69) is 181 Å². The van der Waals surface area contributed by atoms with Crippen molar-refractivity contribution in [2.45, 2.75) is 0 Å². The summed E-state index contributed by atoms with van der Waals surface area (Å²) in [4.78, 5) is 2.38. The number of anilines is 3. The van der Waals surface area contributed by atoms with E-state index < -0.39 is 0 Å². The predicted octanol–water partition coefficient (Wildman–Crippen LogP) is 12.6. The molecule has 0 atom stereocenters. The van der Waals surface area contributed by atoms with Gasteiger partial charge >= 0.3 is 0 Å². The summed E-state index contributed by atoms with van der Waals surface area (Å²) in [6.07, 6.45) is 0. The van der Waals surface area contributed by atoms with Crippen LogP contribution in [0.1, 0.15) is 0 Å². The molecule has 0 aliphatic carbocycles. The lowest BCUT2D eigenvalue weighted by atomic mass is 9.92. The lowest BCUT2D eigenvalue weighted by Crippen LogP contribution is -2.09. The van der Waals surface area contributed by atoms with E-state index in [1.165, 1.54) is 65.0 Å². The minimum absolute atomic E-state index is 1.13. The normalized spacial score (nSPS) is 11.6. The van der Waals surface area contributed by atoms with Crippen molar-refractivity contribution in [3.63, 3.8) is 0 Å². The molecule has 0 amide bonds. The SMILES string of the molecule is c1ccc(N(c2cccc(-c3ccc4ccccc4c3)c2)c2ccc3ccc4ccc5ccc6ccccc6c5c4c3c2)cc1. The Bertz CT molecular complexity index is 2530. The largest absolute Gasteiger partial charge is 0.310 e. The van der Waals surface area contributed by atoms with Gasteiger partial charge in [0.1, 0.15) is 0 Å². The molecule has 0 spiro atoms. The number of benzene rings is 9. The number of hydrogen-bond donors (Lipinski definition) is 0. The van der Waals surface area contributed by atoms with E-state index in [1.807, 2.05) is 0 Å². The summed E-state index contributed by atoms with van der Waals surface area (Å²) in [5.41, 5.74) is 5.80. The molecule has 0 saturated carbocycles. The monoisotopic (exact) mass is 571 g/mol. The first-order chi connectivity index (χ1) is 22.3. The van der Waals surface area contributed by atoms with Gasteiger partial charge in [-0.2, -0.15) is 0 Å². The van der Waals surface area contributed by atoms with Crippen LogP contribution in [0, 0.1) is 0 Å². The standard InChI is InChI=1S/C44H29N/c1-2-13-38(14-3-1)45(39-15-8-12-36(28-39)37-24-17-30-9-4-5-11-35(30)27-37)40-26-25-32-19-21-34-23-22-33-20-18-31-10-6-7-16-41(31)43(33)44(34)42(32)29-40/h1-29H. The van der Waals surface area contributed by atoms with Gasteiger partial charge in [-0.15, -0.1) is 0 Å². The second-order valence-electron chi connectivity index (χ2n) is 11.8. The highest BCUT2D eigenvalue weighted by Crippen LogP contribution is 2.41. The average molecular weight is 572 g/mol. The molecular weight excluding hydrogens is 542 g/mol. The van der Waals surface area contributed by atoms with Gasteiger partial charge in [-0.25, -0.2) is 0 Å². The molecule has 0 fully saturated rings. The summed E-state index contributed by atoms with van der Waals surface area (Å²) < 4.78 is 0. The van der Waals surface area contributed by atoms with E-state index >= 15 is 0 Å². The molecule has 0 N–H and O–H groups in total. The van der Waals surface area contributed by atoms with Crippen LogP contribution < -0.4 is 4.90 Å². The number of rotatable bonds is 4. The van der Waals surface area contributed by atoms with Crippen LogP contribution in [-0.4, -0.2) is 0 Å². The molecular formula is C44H29N. The topological polar surface area (TPSA) is 3.24 Å². The quantitative estimate of drug-likeness (QED) is 0.190. The van der Waals surface area contributed by atoms with Crippen molar-refractivity contribution < 1.29 is 0 Å². The van der Waals surface area contributed by atoms with Gasteiger partial charge in [-0.3, -0.25) is 0 Å². The van der Waals surface area contributed by atoms with Gasteiger partial charge in [-0.05, 0) is 107 Å². The Labute approximate surface area is 262 Å². The van der Waals surface area contributed by atoms with E-state index in [4.69, 9.17) is 0 Å². The Balaban J connectivity index is 1.28.